The third-order valence-corrected chi connectivity index (χ3v) is 6.01. The summed E-state index contributed by atoms with van der Waals surface area (Å²) in [6.07, 6.45) is 11.2. The van der Waals surface area contributed by atoms with Crippen molar-refractivity contribution in [3.8, 4) is 5.88 Å². The monoisotopic (exact) mass is 429 g/mol. The van der Waals surface area contributed by atoms with E-state index in [2.05, 4.69) is 4.98 Å². The second-order valence-electron chi connectivity index (χ2n) is 8.37. The molecule has 3 N–H and O–H groups in total. The van der Waals surface area contributed by atoms with E-state index in [1.54, 1.807) is 6.92 Å². The lowest BCUT2D eigenvalue weighted by atomic mass is 9.85. The van der Waals surface area contributed by atoms with E-state index in [4.69, 9.17) is 15.6 Å². The van der Waals surface area contributed by atoms with Crippen LogP contribution in [0.1, 0.15) is 79.2 Å². The van der Waals surface area contributed by atoms with Gasteiger partial charge in [0.15, 0.2) is 6.61 Å². The third-order valence-electron chi connectivity index (χ3n) is 6.01. The van der Waals surface area contributed by atoms with Crippen LogP contribution >= 0.6 is 0 Å². The fourth-order valence-corrected chi connectivity index (χ4v) is 4.68. The zero-order valence-corrected chi connectivity index (χ0v) is 18.3. The summed E-state index contributed by atoms with van der Waals surface area (Å²) >= 11 is 0. The van der Waals surface area contributed by atoms with E-state index in [9.17, 15) is 14.4 Å². The second kappa shape index (κ2) is 9.94. The maximum Gasteiger partial charge on any atom is 0.341 e. The van der Waals surface area contributed by atoms with Crippen LogP contribution in [0.15, 0.2) is 6.20 Å². The average molecular weight is 430 g/mol. The Bertz CT molecular complexity index is 989. The van der Waals surface area contributed by atoms with Gasteiger partial charge in [-0.15, -0.1) is 0 Å². The molecule has 0 aliphatic heterocycles. The molecule has 1 saturated carbocycles. The molecule has 1 fully saturated rings. The summed E-state index contributed by atoms with van der Waals surface area (Å²) in [4.78, 5) is 40.1. The zero-order chi connectivity index (χ0) is 22.5. The summed E-state index contributed by atoms with van der Waals surface area (Å²) in [5.41, 5.74) is 8.27. The van der Waals surface area contributed by atoms with Gasteiger partial charge in [-0.3, -0.25) is 9.59 Å². The van der Waals surface area contributed by atoms with Crippen LogP contribution in [0.25, 0.3) is 5.52 Å². The van der Waals surface area contributed by atoms with Gasteiger partial charge in [-0.25, -0.2) is 9.78 Å². The maximum atomic E-state index is 12.9. The molecule has 2 aromatic rings. The number of nitrogens with zero attached hydrogens (tertiary/aromatic N) is 2. The van der Waals surface area contributed by atoms with Crippen molar-refractivity contribution in [2.75, 3.05) is 6.61 Å². The summed E-state index contributed by atoms with van der Waals surface area (Å²) in [5.74, 6) is -2.31. The maximum absolute atomic E-state index is 12.9. The number of aromatic nitrogens is 2. The summed E-state index contributed by atoms with van der Waals surface area (Å²) in [6.45, 7) is 3.20. The molecule has 8 heteroatoms. The highest BCUT2D eigenvalue weighted by atomic mass is 16.5. The Morgan fingerprint density at radius 3 is 2.55 bits per heavy atom. The average Bonchev–Trinajstić information content (AvgIpc) is 3.03. The molecule has 0 unspecified atom stereocenters. The number of hydrogen-bond acceptors (Lipinski definition) is 5. The number of aryl methyl sites for hydroxylation is 2. The van der Waals surface area contributed by atoms with E-state index >= 15 is 0 Å². The lowest BCUT2D eigenvalue weighted by Crippen LogP contribution is -2.24. The Kier molecular flexibility index (Phi) is 7.30. The number of Topliss-reactive ketones (excluding diaryl/α,β-unsaturated/α-hetero) is 1. The van der Waals surface area contributed by atoms with Crippen molar-refractivity contribution in [2.24, 2.45) is 11.7 Å². The van der Waals surface area contributed by atoms with Crippen LogP contribution < -0.4 is 10.5 Å². The van der Waals surface area contributed by atoms with Gasteiger partial charge in [0.1, 0.15) is 5.52 Å². The van der Waals surface area contributed by atoms with E-state index in [1.807, 2.05) is 17.5 Å². The van der Waals surface area contributed by atoms with E-state index in [0.29, 0.717) is 23.5 Å². The molecule has 168 valence electrons. The molecule has 2 aromatic heterocycles. The molecule has 0 atom stereocenters. The first-order chi connectivity index (χ1) is 14.8. The first-order valence-corrected chi connectivity index (χ1v) is 11.1. The van der Waals surface area contributed by atoms with Crippen molar-refractivity contribution >= 4 is 23.2 Å². The molecule has 2 heterocycles. The van der Waals surface area contributed by atoms with Crippen LogP contribution in [0.2, 0.25) is 0 Å². The van der Waals surface area contributed by atoms with Crippen LogP contribution in [0.3, 0.4) is 0 Å². The molecule has 0 spiro atoms. The number of carboxylic acids is 1. The number of nitrogens with two attached hydrogens (primary N) is 1. The molecule has 1 amide bonds. The number of carbonyl (C=O) groups excluding carboxylic acids is 2. The molecule has 1 aliphatic carbocycles. The van der Waals surface area contributed by atoms with E-state index < -0.39 is 24.3 Å². The number of aliphatic carboxylic acids is 1. The van der Waals surface area contributed by atoms with Gasteiger partial charge in [0, 0.05) is 11.9 Å². The summed E-state index contributed by atoms with van der Waals surface area (Å²) < 4.78 is 7.30. The Hall–Kier alpha value is -2.90. The number of hydrogen-bond donors (Lipinski definition) is 2. The van der Waals surface area contributed by atoms with Gasteiger partial charge in [-0.1, -0.05) is 45.4 Å². The number of amides is 1. The van der Waals surface area contributed by atoms with Crippen LogP contribution in [-0.2, 0) is 22.4 Å². The summed E-state index contributed by atoms with van der Waals surface area (Å²) in [5, 5.41) is 9.05. The number of carbonyl (C=O) groups is 3. The number of carboxylic acid groups (broad SMARTS) is 1. The third kappa shape index (κ3) is 5.06. The topological polar surface area (TPSA) is 124 Å². The minimum absolute atomic E-state index is 0.0354. The van der Waals surface area contributed by atoms with Crippen molar-refractivity contribution in [2.45, 2.75) is 71.6 Å². The molecule has 3 rings (SSSR count). The normalized spacial score (nSPS) is 14.6. The molecule has 0 saturated heterocycles. The largest absolute Gasteiger partial charge is 0.479 e. The van der Waals surface area contributed by atoms with E-state index in [1.165, 1.54) is 32.1 Å². The summed E-state index contributed by atoms with van der Waals surface area (Å²) in [7, 11) is 0. The lowest BCUT2D eigenvalue weighted by Gasteiger charge is -2.21. The van der Waals surface area contributed by atoms with Crippen LogP contribution in [0.4, 0.5) is 0 Å². The molecular formula is C23H31N3O5. The predicted octanol–water partition coefficient (Wildman–Crippen LogP) is 3.24. The molecule has 0 aromatic carbocycles. The highest BCUT2D eigenvalue weighted by Crippen LogP contribution is 2.34. The molecule has 31 heavy (non-hydrogen) atoms. The Balaban J connectivity index is 2.17. The quantitative estimate of drug-likeness (QED) is 0.441. The Morgan fingerprint density at radius 1 is 1.23 bits per heavy atom. The van der Waals surface area contributed by atoms with E-state index in [-0.39, 0.29) is 11.4 Å². The van der Waals surface area contributed by atoms with Gasteiger partial charge in [-0.2, -0.15) is 0 Å². The van der Waals surface area contributed by atoms with Crippen LogP contribution in [0, 0.1) is 12.8 Å². The first kappa shape index (κ1) is 22.8. The Labute approximate surface area is 181 Å². The van der Waals surface area contributed by atoms with Gasteiger partial charge < -0.3 is 20.0 Å². The van der Waals surface area contributed by atoms with Crippen molar-refractivity contribution in [3.63, 3.8) is 0 Å². The predicted molar refractivity (Wildman–Crippen MR) is 115 cm³/mol. The van der Waals surface area contributed by atoms with Crippen molar-refractivity contribution in [1.29, 1.82) is 0 Å². The van der Waals surface area contributed by atoms with Crippen molar-refractivity contribution in [3.05, 3.63) is 28.7 Å². The molecule has 0 radical (unpaired) electrons. The summed E-state index contributed by atoms with van der Waals surface area (Å²) in [6, 6.07) is 0. The van der Waals surface area contributed by atoms with Crippen molar-refractivity contribution < 1.29 is 24.2 Å². The zero-order valence-electron chi connectivity index (χ0n) is 18.3. The number of primary amides is 1. The minimum atomic E-state index is -1.15. The number of ketones is 1. The molecule has 0 bridgehead atoms. The van der Waals surface area contributed by atoms with Crippen molar-refractivity contribution in [1.82, 2.24) is 9.38 Å². The van der Waals surface area contributed by atoms with Gasteiger partial charge in [0.25, 0.3) is 11.7 Å². The standard InChI is InChI=1S/C23H31N3O5/c1-3-7-16-17(11-10-15-8-5-4-6-9-15)26-12-14(2)25-23(31-13-18(27)28)20(26)19(16)21(29)22(24)30/h12,15H,3-11,13H2,1-2H3,(H2,24,30)(H,27,28). The second-order valence-corrected chi connectivity index (χ2v) is 8.37. The molecule has 8 nitrogen and oxygen atoms in total. The highest BCUT2D eigenvalue weighted by Gasteiger charge is 2.29. The SMILES string of the molecule is CCCc1c(C(=O)C(N)=O)c2c(OCC(=O)O)nc(C)cn2c1CCC1CCCCC1. The minimum Gasteiger partial charge on any atom is -0.479 e. The van der Waals surface area contributed by atoms with E-state index in [0.717, 1.165) is 30.5 Å². The fraction of sp³-hybridized carbons (Fsp3) is 0.565. The lowest BCUT2D eigenvalue weighted by molar-refractivity contribution is -0.139. The number of rotatable bonds is 10. The number of fused-ring (bicyclic) bond motifs is 1. The first-order valence-electron chi connectivity index (χ1n) is 11.1. The van der Waals surface area contributed by atoms with Crippen LogP contribution in [-0.4, -0.2) is 38.8 Å². The van der Waals surface area contributed by atoms with Crippen LogP contribution in [0.5, 0.6) is 5.88 Å². The number of ether oxygens (including phenoxy) is 1. The van der Waals surface area contributed by atoms with Gasteiger partial charge in [0.2, 0.25) is 5.88 Å². The Morgan fingerprint density at radius 2 is 1.94 bits per heavy atom. The van der Waals surface area contributed by atoms with Gasteiger partial charge in [-0.05, 0) is 37.7 Å². The molecule has 1 aliphatic rings. The molecular weight excluding hydrogens is 398 g/mol. The smallest absolute Gasteiger partial charge is 0.341 e. The fourth-order valence-electron chi connectivity index (χ4n) is 4.68. The highest BCUT2D eigenvalue weighted by molar-refractivity contribution is 6.44. The van der Waals surface area contributed by atoms with Gasteiger partial charge in [0.05, 0.1) is 11.3 Å². The van der Waals surface area contributed by atoms with Gasteiger partial charge >= 0.3 is 5.97 Å².